The first kappa shape index (κ1) is 19.2. The highest BCUT2D eigenvalue weighted by Crippen LogP contribution is 2.20. The number of rotatable bonds is 8. The van der Waals surface area contributed by atoms with Gasteiger partial charge in [0.05, 0.1) is 38.1 Å². The van der Waals surface area contributed by atoms with Crippen LogP contribution >= 0.6 is 15.9 Å². The number of aryl methyl sites for hydroxylation is 1. The second-order valence-corrected chi connectivity index (χ2v) is 8.54. The Morgan fingerprint density at radius 3 is 2.77 bits per heavy atom. The molecule has 1 aliphatic rings. The predicted octanol–water partition coefficient (Wildman–Crippen LogP) is 3.43. The standard InChI is InChI=1S/C20H28BrN3O2/c1-22-15-17(23-14-16(21)10-11-19(22)23)18(25)8-5-3-4-6-12-24(2)13-7-9-20(24)26/h10-11,14-15H,3-9,12-13H2,1-2H3/q+2. The van der Waals surface area contributed by atoms with Gasteiger partial charge in [-0.05, 0) is 41.3 Å². The van der Waals surface area contributed by atoms with Crippen molar-refractivity contribution in [3.05, 3.63) is 34.7 Å². The number of likely N-dealkylation sites (tertiary alicyclic amines) is 1. The summed E-state index contributed by atoms with van der Waals surface area (Å²) in [5.74, 6) is 0.576. The van der Waals surface area contributed by atoms with E-state index in [2.05, 4.69) is 23.0 Å². The Morgan fingerprint density at radius 1 is 1.27 bits per heavy atom. The van der Waals surface area contributed by atoms with E-state index in [1.54, 1.807) is 0 Å². The first-order valence-electron chi connectivity index (χ1n) is 9.48. The summed E-state index contributed by atoms with van der Waals surface area (Å²) < 4.78 is 5.51. The Kier molecular flexibility index (Phi) is 5.92. The number of imidazole rings is 1. The van der Waals surface area contributed by atoms with Gasteiger partial charge in [-0.25, -0.2) is 9.36 Å². The number of carbonyl (C=O) groups excluding carboxylic acids is 2. The van der Waals surface area contributed by atoms with Crippen molar-refractivity contribution < 1.29 is 18.6 Å². The second kappa shape index (κ2) is 8.01. The zero-order chi connectivity index (χ0) is 18.7. The van der Waals surface area contributed by atoms with Crippen LogP contribution in [0.4, 0.5) is 0 Å². The summed E-state index contributed by atoms with van der Waals surface area (Å²) in [5.41, 5.74) is 1.74. The van der Waals surface area contributed by atoms with Crippen molar-refractivity contribution in [2.45, 2.75) is 44.9 Å². The molecular formula is C20H28BrN3O2+2. The Labute approximate surface area is 163 Å². The molecule has 0 aromatic carbocycles. The van der Waals surface area contributed by atoms with Crippen LogP contribution in [0.5, 0.6) is 0 Å². The van der Waals surface area contributed by atoms with Crippen LogP contribution in [0.1, 0.15) is 55.4 Å². The highest BCUT2D eigenvalue weighted by molar-refractivity contribution is 9.10. The van der Waals surface area contributed by atoms with Gasteiger partial charge in [-0.2, -0.15) is 4.40 Å². The number of Topliss-reactive ketones (excluding diaryl/α,β-unsaturated/α-hetero) is 1. The molecule has 6 heteroatoms. The molecule has 0 aliphatic carbocycles. The van der Waals surface area contributed by atoms with E-state index < -0.39 is 0 Å². The first-order chi connectivity index (χ1) is 12.4. The monoisotopic (exact) mass is 421 g/mol. The fourth-order valence-electron chi connectivity index (χ4n) is 3.90. The van der Waals surface area contributed by atoms with Crippen molar-refractivity contribution in [1.29, 1.82) is 0 Å². The van der Waals surface area contributed by atoms with Crippen LogP contribution in [0.3, 0.4) is 0 Å². The van der Waals surface area contributed by atoms with Crippen LogP contribution in [0.2, 0.25) is 0 Å². The summed E-state index contributed by atoms with van der Waals surface area (Å²) >= 11 is 3.48. The molecule has 1 aliphatic heterocycles. The third-order valence-electron chi connectivity index (χ3n) is 5.56. The molecule has 1 amide bonds. The van der Waals surface area contributed by atoms with Gasteiger partial charge >= 0.3 is 5.91 Å². The molecule has 3 heterocycles. The fourth-order valence-corrected chi connectivity index (χ4v) is 4.24. The maximum atomic E-state index is 12.6. The lowest BCUT2D eigenvalue weighted by atomic mass is 10.1. The van der Waals surface area contributed by atoms with E-state index in [-0.39, 0.29) is 5.78 Å². The maximum Gasteiger partial charge on any atom is 0.313 e. The van der Waals surface area contributed by atoms with E-state index in [4.69, 9.17) is 0 Å². The lowest BCUT2D eigenvalue weighted by Gasteiger charge is -2.26. The molecule has 0 radical (unpaired) electrons. The number of nitrogens with zero attached hydrogens (tertiary/aromatic N) is 3. The number of fused-ring (bicyclic) bond motifs is 1. The van der Waals surface area contributed by atoms with Gasteiger partial charge < -0.3 is 0 Å². The summed E-state index contributed by atoms with van der Waals surface area (Å²) in [6.07, 6.45) is 10.3. The van der Waals surface area contributed by atoms with E-state index in [0.29, 0.717) is 16.8 Å². The Bertz CT molecular complexity index is 830. The number of halogens is 1. The van der Waals surface area contributed by atoms with Crippen LogP contribution in [-0.2, 0) is 11.8 Å². The van der Waals surface area contributed by atoms with Crippen molar-refractivity contribution in [3.63, 3.8) is 0 Å². The summed E-state index contributed by atoms with van der Waals surface area (Å²) in [6.45, 7) is 1.94. The minimum atomic E-state index is 0.187. The predicted molar refractivity (Wildman–Crippen MR) is 104 cm³/mol. The highest BCUT2D eigenvalue weighted by atomic mass is 79.9. The van der Waals surface area contributed by atoms with Gasteiger partial charge in [0.2, 0.25) is 11.5 Å². The molecule has 140 valence electrons. The van der Waals surface area contributed by atoms with Crippen molar-refractivity contribution in [2.75, 3.05) is 20.1 Å². The molecule has 0 bridgehead atoms. The smallest absolute Gasteiger partial charge is 0.290 e. The number of hydrogen-bond acceptors (Lipinski definition) is 2. The largest absolute Gasteiger partial charge is 0.313 e. The van der Waals surface area contributed by atoms with Crippen LogP contribution in [0, 0.1) is 0 Å². The third kappa shape index (κ3) is 4.07. The van der Waals surface area contributed by atoms with Crippen molar-refractivity contribution in [3.8, 4) is 0 Å². The fraction of sp³-hybridized carbons (Fsp3) is 0.550. The molecule has 0 N–H and O–H groups in total. The lowest BCUT2D eigenvalue weighted by molar-refractivity contribution is -0.826. The van der Waals surface area contributed by atoms with Crippen molar-refractivity contribution in [2.24, 2.45) is 7.05 Å². The van der Waals surface area contributed by atoms with E-state index in [0.717, 1.165) is 67.4 Å². The van der Waals surface area contributed by atoms with Gasteiger partial charge in [-0.1, -0.05) is 6.42 Å². The molecule has 1 atom stereocenters. The number of quaternary nitrogens is 1. The van der Waals surface area contributed by atoms with Crippen LogP contribution in [0.25, 0.3) is 5.65 Å². The Hall–Kier alpha value is -1.53. The zero-order valence-electron chi connectivity index (χ0n) is 15.7. The van der Waals surface area contributed by atoms with Gasteiger partial charge in [-0.3, -0.25) is 9.28 Å². The number of ketones is 1. The molecule has 1 fully saturated rings. The molecular weight excluding hydrogens is 394 g/mol. The van der Waals surface area contributed by atoms with Crippen LogP contribution < -0.4 is 4.57 Å². The van der Waals surface area contributed by atoms with Gasteiger partial charge in [-0.15, -0.1) is 0 Å². The Morgan fingerprint density at radius 2 is 2.04 bits per heavy atom. The number of pyridine rings is 1. The SMILES string of the molecule is C[n+]1cc(C(=O)CCCCCC[N+]2(C)CCCC2=O)n2cc(Br)ccc21. The quantitative estimate of drug-likeness (QED) is 0.283. The van der Waals surface area contributed by atoms with Crippen molar-refractivity contribution in [1.82, 2.24) is 4.40 Å². The average molecular weight is 422 g/mol. The van der Waals surface area contributed by atoms with Gasteiger partial charge in [0.25, 0.3) is 5.65 Å². The Balaban J connectivity index is 1.46. The zero-order valence-corrected chi connectivity index (χ0v) is 17.3. The molecule has 5 nitrogen and oxygen atoms in total. The van der Waals surface area contributed by atoms with Crippen molar-refractivity contribution >= 4 is 33.3 Å². The third-order valence-corrected chi connectivity index (χ3v) is 6.03. The molecule has 1 saturated heterocycles. The number of aromatic nitrogens is 2. The summed E-state index contributed by atoms with van der Waals surface area (Å²) in [4.78, 5) is 24.5. The maximum absolute atomic E-state index is 12.6. The average Bonchev–Trinajstić information content (AvgIpc) is 3.11. The van der Waals surface area contributed by atoms with E-state index in [1.807, 2.05) is 40.5 Å². The highest BCUT2D eigenvalue weighted by Gasteiger charge is 2.35. The number of hydrogen-bond donors (Lipinski definition) is 0. The van der Waals surface area contributed by atoms with Gasteiger partial charge in [0.15, 0.2) is 0 Å². The normalized spacial score (nSPS) is 20.2. The molecule has 0 spiro atoms. The summed E-state index contributed by atoms with van der Waals surface area (Å²) in [6, 6.07) is 3.99. The number of unbranched alkanes of at least 4 members (excludes halogenated alkanes) is 3. The van der Waals surface area contributed by atoms with E-state index in [9.17, 15) is 9.59 Å². The molecule has 26 heavy (non-hydrogen) atoms. The topological polar surface area (TPSA) is 42.4 Å². The number of carbonyl (C=O) groups is 2. The van der Waals surface area contributed by atoms with E-state index in [1.165, 1.54) is 0 Å². The van der Waals surface area contributed by atoms with Gasteiger partial charge in [0.1, 0.15) is 12.4 Å². The summed E-state index contributed by atoms with van der Waals surface area (Å²) in [5, 5.41) is 0. The molecule has 0 saturated carbocycles. The lowest BCUT2D eigenvalue weighted by Crippen LogP contribution is -2.45. The summed E-state index contributed by atoms with van der Waals surface area (Å²) in [7, 11) is 4.03. The first-order valence-corrected chi connectivity index (χ1v) is 10.3. The molecule has 2 aromatic rings. The minimum absolute atomic E-state index is 0.187. The number of amides is 1. The van der Waals surface area contributed by atoms with E-state index >= 15 is 0 Å². The van der Waals surface area contributed by atoms with Gasteiger partial charge in [0, 0.05) is 18.9 Å². The minimum Gasteiger partial charge on any atom is -0.290 e. The molecule has 3 rings (SSSR count). The van der Waals surface area contributed by atoms with Crippen LogP contribution in [0.15, 0.2) is 29.0 Å². The molecule has 1 unspecified atom stereocenters. The molecule has 2 aromatic heterocycles. The van der Waals surface area contributed by atoms with Crippen LogP contribution in [-0.4, -0.2) is 40.7 Å². The second-order valence-electron chi connectivity index (χ2n) is 7.63.